The molecule has 21 heterocycles. The number of hydrogen-bond acceptors (Lipinski definition) is 44. The molecule has 21 fully saturated rings. The van der Waals surface area contributed by atoms with Gasteiger partial charge < -0.3 is 189 Å². The second kappa shape index (κ2) is 45.4. The molecular weight excluding hydrogens is 1560 g/mol. The Bertz CT molecular complexity index is 2760. The van der Waals surface area contributed by atoms with Crippen LogP contribution in [0.1, 0.15) is 32.6 Å². The molecular formula is C64H109N3O39S4. The van der Waals surface area contributed by atoms with Gasteiger partial charge in [0.25, 0.3) is 0 Å². The van der Waals surface area contributed by atoms with E-state index in [1.54, 1.807) is 0 Å². The molecule has 0 aliphatic carbocycles. The fourth-order valence-electron chi connectivity index (χ4n) is 13.4. The van der Waals surface area contributed by atoms with E-state index in [4.69, 9.17) is 75.8 Å². The zero-order valence-electron chi connectivity index (χ0n) is 60.1. The van der Waals surface area contributed by atoms with E-state index in [0.29, 0.717) is 12.2 Å². The van der Waals surface area contributed by atoms with Crippen molar-refractivity contribution >= 4 is 72.2 Å². The van der Waals surface area contributed by atoms with Crippen molar-refractivity contribution in [2.75, 3.05) is 114 Å². The Balaban J connectivity index is 1.09. The Morgan fingerprint density at radius 1 is 0.373 bits per heavy atom. The van der Waals surface area contributed by atoms with E-state index < -0.39 is 278 Å². The number of hydrogen-bond donors (Lipinski definition) is 24. The minimum atomic E-state index is -2.29. The van der Waals surface area contributed by atoms with Gasteiger partial charge in [-0.25, -0.2) is 0 Å². The first-order chi connectivity index (χ1) is 52.6. The molecule has 22 N–H and O–H groups in total. The van der Waals surface area contributed by atoms with E-state index in [-0.39, 0.29) is 93.3 Å². The zero-order chi connectivity index (χ0) is 80.4. The lowest BCUT2D eigenvalue weighted by molar-refractivity contribution is -0.395. The summed E-state index contributed by atoms with van der Waals surface area (Å²) in [5, 5.41) is 227. The highest BCUT2D eigenvalue weighted by atomic mass is 32.2. The first-order valence-electron chi connectivity index (χ1n) is 36.1. The van der Waals surface area contributed by atoms with Gasteiger partial charge in [0.2, 0.25) is 11.8 Å². The van der Waals surface area contributed by atoms with Gasteiger partial charge in [0, 0.05) is 61.1 Å². The molecule has 0 aromatic rings. The molecule has 0 saturated carbocycles. The van der Waals surface area contributed by atoms with E-state index in [2.05, 4.69) is 41.2 Å². The van der Waals surface area contributed by atoms with Gasteiger partial charge in [-0.3, -0.25) is 19.2 Å². The monoisotopic (exact) mass is 1670 g/mol. The van der Waals surface area contributed by atoms with Crippen molar-refractivity contribution in [3.63, 3.8) is 0 Å². The summed E-state index contributed by atoms with van der Waals surface area (Å²) in [7, 11) is 1.51. The lowest BCUT2D eigenvalue weighted by Gasteiger charge is -2.50. The van der Waals surface area contributed by atoms with Gasteiger partial charge in [0.1, 0.15) is 170 Å². The highest BCUT2D eigenvalue weighted by Crippen LogP contribution is 2.40. The maximum absolute atomic E-state index is 13.7. The molecule has 0 aromatic heterocycles. The van der Waals surface area contributed by atoms with Crippen LogP contribution < -0.4 is 16.0 Å². The molecule has 2 amide bonds. The van der Waals surface area contributed by atoms with Crippen LogP contribution in [0.4, 0.5) is 0 Å². The molecule has 37 atom stereocenters. The standard InChI is InChI=1S/C64H109N3O39S4/c1-24(73)4-8-91-10-11-92-9-5-26(74)14-25(56(89)67-7-13-108)20-109-22-33-54-40(80)47(87)63(98-33)103-52-31(18-71)94-60(43(83)36(52)76)102-51-30(17-70)97-62(46(86)39(51)79)106-55-34(23-110-21-27(65-2)57(90)66-6-3-12-107)99-64(48(88)41(55)81)104-53-32(19-72)95-59(44(84)37(53)77)100-49-28(15-68)93-58(42(82)35(49)75)101-50-29(16-69)96-61(105-54)45(85)38(50)78/h25,27-55,58-65,68-72,75-88,107-108H,3-23H2,1-2H3,(H,66,90)(H,67,89)/t25-,27-,28?,29?,30?,31?,32?,33?,34?,35-,36-,37-,38-,39+,40-,41-,42?,43?,44?,45?,46?,47?,48?,49-,50-,51-,52-,53-,54-,55-,58-,59-,60+,61-,62+,63-,64+/m1/s1. The molecule has 21 aliphatic heterocycles. The average Bonchev–Trinajstić information content (AvgIpc) is 0.779. The minimum Gasteiger partial charge on any atom is -0.394 e. The number of amides is 2. The van der Waals surface area contributed by atoms with Gasteiger partial charge in [-0.2, -0.15) is 48.8 Å². The van der Waals surface area contributed by atoms with Crippen molar-refractivity contribution in [2.24, 2.45) is 5.92 Å². The molecule has 14 unspecified atom stereocenters. The number of thiol groups is 2. The van der Waals surface area contributed by atoms with Gasteiger partial charge in [-0.1, -0.05) is 0 Å². The summed E-state index contributed by atoms with van der Waals surface area (Å²) in [6.45, 7) is -3.29. The van der Waals surface area contributed by atoms with Crippen LogP contribution in [0.3, 0.4) is 0 Å². The Labute approximate surface area is 650 Å². The largest absolute Gasteiger partial charge is 0.394 e. The fraction of sp³-hybridized carbons (Fsp3) is 0.938. The number of likely N-dealkylation sites (N-methyl/N-ethyl adjacent to an activating group) is 1. The fourth-order valence-corrected chi connectivity index (χ4v) is 16.0. The number of rotatable bonds is 32. The van der Waals surface area contributed by atoms with Crippen LogP contribution in [0.15, 0.2) is 0 Å². The quantitative estimate of drug-likeness (QED) is 0.0220. The third-order valence-corrected chi connectivity index (χ3v) is 22.5. The normalized spacial score (nSPS) is 42.7. The SMILES string of the molecule is CN[C@H](CSCC1O[C@H]2O[C@@H]3C(CO)O[C@H](O[C@@H]4C(CO)O[C@H](O[C@@H]5C(CO)O[C@H](O[C@@H]6C(CSC[C@@H](CC(=O)CCOCCOCCC(C)=O)C(=O)NCCS)O[C@H](O[C@@H]7C(CO)O[C@@H](O[C@@H]8C(CO)O[C@@H](O[C@H]1[C@H](O)C2O)C(O)[C@@H]8O)C(O)[C@H]7O)C(O)[C@H]6O)C(O)[C@H]5O)C(O)[C@H]4O)C(O)[C@H]3O)C(=O)NCCCS. The molecule has 0 aromatic carbocycles. The summed E-state index contributed by atoms with van der Waals surface area (Å²) in [6, 6.07) is -0.851. The van der Waals surface area contributed by atoms with E-state index >= 15 is 0 Å². The second-order valence-electron chi connectivity index (χ2n) is 27.5. The summed E-state index contributed by atoms with van der Waals surface area (Å²) in [5.74, 6) is -2.67. The number of ketones is 2. The van der Waals surface area contributed by atoms with Crippen LogP contribution in [0.5, 0.6) is 0 Å². The first kappa shape index (κ1) is 93.7. The zero-order valence-corrected chi connectivity index (χ0v) is 63.5. The smallest absolute Gasteiger partial charge is 0.237 e. The Morgan fingerprint density at radius 3 is 0.955 bits per heavy atom. The summed E-state index contributed by atoms with van der Waals surface area (Å²) < 4.78 is 94.7. The van der Waals surface area contributed by atoms with Crippen molar-refractivity contribution in [1.29, 1.82) is 0 Å². The van der Waals surface area contributed by atoms with E-state index in [1.165, 1.54) is 14.0 Å². The third-order valence-electron chi connectivity index (χ3n) is 19.6. The molecule has 110 heavy (non-hydrogen) atoms. The van der Waals surface area contributed by atoms with Crippen molar-refractivity contribution in [1.82, 2.24) is 16.0 Å². The molecule has 638 valence electrons. The predicted octanol–water partition coefficient (Wildman–Crippen LogP) is -12.7. The van der Waals surface area contributed by atoms with Gasteiger partial charge in [0.05, 0.1) is 83.6 Å². The van der Waals surface area contributed by atoms with Crippen LogP contribution in [0, 0.1) is 5.92 Å². The Kier molecular flexibility index (Phi) is 38.7. The van der Waals surface area contributed by atoms with Crippen LogP contribution in [-0.4, -0.2) is 456 Å². The molecule has 46 heteroatoms. The van der Waals surface area contributed by atoms with Gasteiger partial charge in [-0.15, -0.1) is 0 Å². The van der Waals surface area contributed by atoms with Crippen molar-refractivity contribution in [2.45, 2.75) is 254 Å². The van der Waals surface area contributed by atoms with Gasteiger partial charge in [0.15, 0.2) is 44.0 Å². The first-order valence-corrected chi connectivity index (χ1v) is 39.7. The van der Waals surface area contributed by atoms with Crippen molar-refractivity contribution in [3.05, 3.63) is 0 Å². The van der Waals surface area contributed by atoms with E-state index in [0.717, 1.165) is 23.5 Å². The number of thioether (sulfide) groups is 2. The number of ether oxygens (including phenoxy) is 16. The van der Waals surface area contributed by atoms with Crippen LogP contribution in [0.2, 0.25) is 0 Å². The number of aliphatic hydroxyl groups excluding tert-OH is 19. The molecule has 0 spiro atoms. The van der Waals surface area contributed by atoms with Crippen LogP contribution in [-0.2, 0) is 95.0 Å². The molecule has 42 nitrogen and oxygen atoms in total. The number of Topliss-reactive ketones (excluding diaryl/α,β-unsaturated/α-hetero) is 2. The molecule has 21 rings (SSSR count). The van der Waals surface area contributed by atoms with Crippen LogP contribution in [0.25, 0.3) is 0 Å². The molecule has 0 radical (unpaired) electrons. The maximum atomic E-state index is 13.7. The highest BCUT2D eigenvalue weighted by Gasteiger charge is 2.60. The maximum Gasteiger partial charge on any atom is 0.237 e. The second-order valence-corrected chi connectivity index (χ2v) is 30.5. The number of aliphatic hydroxyl groups is 19. The van der Waals surface area contributed by atoms with Crippen LogP contribution >= 0.6 is 48.8 Å². The predicted molar refractivity (Wildman–Crippen MR) is 375 cm³/mol. The summed E-state index contributed by atoms with van der Waals surface area (Å²) in [6.07, 6.45) is -71.4. The van der Waals surface area contributed by atoms with E-state index in [9.17, 15) is 116 Å². The lowest BCUT2D eigenvalue weighted by atomic mass is 9.95. The Morgan fingerprint density at radius 2 is 0.664 bits per heavy atom. The van der Waals surface area contributed by atoms with E-state index in [1.807, 2.05) is 0 Å². The highest BCUT2D eigenvalue weighted by molar-refractivity contribution is 7.99. The summed E-state index contributed by atoms with van der Waals surface area (Å²) >= 11 is 10.3. The van der Waals surface area contributed by atoms with Crippen molar-refractivity contribution in [3.8, 4) is 0 Å². The van der Waals surface area contributed by atoms with Crippen molar-refractivity contribution < 1.29 is 192 Å². The average molecular weight is 1670 g/mol. The number of carbonyl (C=O) groups is 4. The number of nitrogens with one attached hydrogen (secondary N) is 3. The van der Waals surface area contributed by atoms with Gasteiger partial charge >= 0.3 is 0 Å². The molecule has 14 bridgehead atoms. The minimum absolute atomic E-state index is 0.00203. The topological polar surface area (TPSA) is 636 Å². The molecule has 21 saturated heterocycles. The van der Waals surface area contributed by atoms with Gasteiger partial charge in [-0.05, 0) is 26.1 Å². The Hall–Kier alpha value is -1.76. The summed E-state index contributed by atoms with van der Waals surface area (Å²) in [5.41, 5.74) is 0. The molecule has 21 aliphatic rings. The summed E-state index contributed by atoms with van der Waals surface area (Å²) in [4.78, 5) is 51.5. The number of carbonyl (C=O) groups excluding carboxylic acids is 4. The lowest BCUT2D eigenvalue weighted by Crippen LogP contribution is -2.68. The third kappa shape index (κ3) is 23.8.